The molecule has 1 rings (SSSR count). The Hall–Kier alpha value is -0.520. The van der Waals surface area contributed by atoms with E-state index in [4.69, 9.17) is 0 Å². The van der Waals surface area contributed by atoms with Gasteiger partial charge in [-0.3, -0.25) is 0 Å². The van der Waals surface area contributed by atoms with Gasteiger partial charge in [0.15, 0.2) is 0 Å². The summed E-state index contributed by atoms with van der Waals surface area (Å²) in [7, 11) is 0. The molecule has 0 N–H and O–H groups in total. The van der Waals surface area contributed by atoms with E-state index in [-0.39, 0.29) is 0 Å². The minimum atomic E-state index is 1.11. The zero-order valence-corrected chi connectivity index (χ0v) is 7.84. The molecular formula is C12H19. The Labute approximate surface area is 76.4 Å². The highest BCUT2D eigenvalue weighted by atomic mass is 14.0. The molecular weight excluding hydrogens is 144 g/mol. The van der Waals surface area contributed by atoms with E-state index < -0.39 is 0 Å². The van der Waals surface area contributed by atoms with Crippen molar-refractivity contribution in [2.45, 2.75) is 44.9 Å². The van der Waals surface area contributed by atoms with Crippen molar-refractivity contribution in [3.63, 3.8) is 0 Å². The normalized spacial score (nSPS) is 26.7. The quantitative estimate of drug-likeness (QED) is 0.473. The van der Waals surface area contributed by atoms with Gasteiger partial charge in [-0.25, -0.2) is 0 Å². The zero-order valence-electron chi connectivity index (χ0n) is 7.84. The molecule has 0 saturated heterocycles. The lowest BCUT2D eigenvalue weighted by molar-refractivity contribution is 0.645. The van der Waals surface area contributed by atoms with Crippen LogP contribution in [0, 0.1) is 6.42 Å². The maximum atomic E-state index is 2.31. The molecule has 0 spiro atoms. The SMILES string of the molecule is [CH]1/C=C/C/C=C\CCCCCC1. The van der Waals surface area contributed by atoms with Gasteiger partial charge in [-0.15, -0.1) is 0 Å². The van der Waals surface area contributed by atoms with Crippen molar-refractivity contribution in [1.82, 2.24) is 0 Å². The lowest BCUT2D eigenvalue weighted by Crippen LogP contribution is -1.79. The summed E-state index contributed by atoms with van der Waals surface area (Å²) in [6.07, 6.45) is 20.5. The van der Waals surface area contributed by atoms with Gasteiger partial charge in [0.2, 0.25) is 0 Å². The van der Waals surface area contributed by atoms with Crippen LogP contribution in [0.4, 0.5) is 0 Å². The van der Waals surface area contributed by atoms with Gasteiger partial charge in [-0.1, -0.05) is 43.6 Å². The topological polar surface area (TPSA) is 0 Å². The maximum Gasteiger partial charge on any atom is -0.0169 e. The fourth-order valence-electron chi connectivity index (χ4n) is 1.44. The van der Waals surface area contributed by atoms with Crippen molar-refractivity contribution in [2.24, 2.45) is 0 Å². The van der Waals surface area contributed by atoms with E-state index in [9.17, 15) is 0 Å². The number of rotatable bonds is 0. The molecule has 67 valence electrons. The van der Waals surface area contributed by atoms with E-state index in [0.717, 1.165) is 6.42 Å². The first-order valence-electron chi connectivity index (χ1n) is 5.13. The van der Waals surface area contributed by atoms with Crippen LogP contribution in [-0.2, 0) is 0 Å². The monoisotopic (exact) mass is 163 g/mol. The molecule has 0 bridgehead atoms. The fraction of sp³-hybridized carbons (Fsp3) is 0.583. The molecule has 0 fully saturated rings. The predicted octanol–water partition coefficient (Wildman–Crippen LogP) is 4.05. The standard InChI is InChI=1S/C12H19/c1-2-4-6-8-10-12-11-9-7-5-3-1/h1-3,6,8H,4-5,7,9-12H2/b2-1+,8-6-. The van der Waals surface area contributed by atoms with E-state index in [1.54, 1.807) is 0 Å². The van der Waals surface area contributed by atoms with Crippen molar-refractivity contribution in [3.05, 3.63) is 30.7 Å². The first-order valence-corrected chi connectivity index (χ1v) is 5.13. The third-order valence-corrected chi connectivity index (χ3v) is 2.20. The molecule has 0 saturated carbocycles. The summed E-state index contributed by atoms with van der Waals surface area (Å²) in [4.78, 5) is 0. The van der Waals surface area contributed by atoms with Crippen LogP contribution < -0.4 is 0 Å². The molecule has 0 aromatic heterocycles. The van der Waals surface area contributed by atoms with Gasteiger partial charge in [0, 0.05) is 0 Å². The van der Waals surface area contributed by atoms with Crippen molar-refractivity contribution < 1.29 is 0 Å². The Morgan fingerprint density at radius 3 is 2.42 bits per heavy atom. The Morgan fingerprint density at radius 1 is 0.667 bits per heavy atom. The molecule has 0 heteroatoms. The molecule has 0 amide bonds. The average Bonchev–Trinajstić information content (AvgIpc) is 2.05. The van der Waals surface area contributed by atoms with Gasteiger partial charge < -0.3 is 0 Å². The highest BCUT2D eigenvalue weighted by molar-refractivity contribution is 4.99. The van der Waals surface area contributed by atoms with Crippen molar-refractivity contribution in [3.8, 4) is 0 Å². The van der Waals surface area contributed by atoms with Gasteiger partial charge in [-0.2, -0.15) is 0 Å². The predicted molar refractivity (Wildman–Crippen MR) is 54.9 cm³/mol. The van der Waals surface area contributed by atoms with E-state index in [2.05, 4.69) is 30.7 Å². The lowest BCUT2D eigenvalue weighted by atomic mass is 10.1. The van der Waals surface area contributed by atoms with E-state index in [1.807, 2.05) is 0 Å². The van der Waals surface area contributed by atoms with Crippen LogP contribution in [0.2, 0.25) is 0 Å². The minimum absolute atomic E-state index is 1.11. The van der Waals surface area contributed by atoms with Crippen LogP contribution in [0.25, 0.3) is 0 Å². The molecule has 0 aromatic carbocycles. The molecule has 0 aromatic rings. The molecule has 12 heavy (non-hydrogen) atoms. The van der Waals surface area contributed by atoms with Crippen LogP contribution >= 0.6 is 0 Å². The lowest BCUT2D eigenvalue weighted by Gasteiger charge is -1.99. The second-order valence-electron chi connectivity index (χ2n) is 3.36. The van der Waals surface area contributed by atoms with E-state index in [0.29, 0.717) is 0 Å². The molecule has 0 unspecified atom stereocenters. The summed E-state index contributed by atoms with van der Waals surface area (Å²) in [6.45, 7) is 0. The van der Waals surface area contributed by atoms with Gasteiger partial charge in [-0.05, 0) is 32.1 Å². The summed E-state index contributed by atoms with van der Waals surface area (Å²) >= 11 is 0. The second kappa shape index (κ2) is 7.15. The van der Waals surface area contributed by atoms with Gasteiger partial charge in [0.05, 0.1) is 0 Å². The zero-order chi connectivity index (χ0) is 8.49. The molecule has 0 nitrogen and oxygen atoms in total. The van der Waals surface area contributed by atoms with Crippen LogP contribution in [0.5, 0.6) is 0 Å². The highest BCUT2D eigenvalue weighted by Crippen LogP contribution is 2.08. The second-order valence-corrected chi connectivity index (χ2v) is 3.36. The summed E-state index contributed by atoms with van der Waals surface area (Å²) in [5.41, 5.74) is 0. The van der Waals surface area contributed by atoms with Gasteiger partial charge in [0.25, 0.3) is 0 Å². The summed E-state index contributed by atoms with van der Waals surface area (Å²) in [5.74, 6) is 0. The van der Waals surface area contributed by atoms with Crippen molar-refractivity contribution >= 4 is 0 Å². The summed E-state index contributed by atoms with van der Waals surface area (Å²) in [6, 6.07) is 0. The van der Waals surface area contributed by atoms with Crippen molar-refractivity contribution in [2.75, 3.05) is 0 Å². The number of hydrogen-bond donors (Lipinski definition) is 0. The Kier molecular flexibility index (Phi) is 5.70. The van der Waals surface area contributed by atoms with Crippen LogP contribution in [0.1, 0.15) is 44.9 Å². The molecule has 1 aliphatic carbocycles. The van der Waals surface area contributed by atoms with Crippen LogP contribution in [0.3, 0.4) is 0 Å². The largest absolute Gasteiger partial charge is 0.0882 e. The van der Waals surface area contributed by atoms with Crippen LogP contribution in [-0.4, -0.2) is 0 Å². The average molecular weight is 163 g/mol. The Balaban J connectivity index is 2.20. The molecule has 1 radical (unpaired) electrons. The van der Waals surface area contributed by atoms with Gasteiger partial charge in [0.1, 0.15) is 0 Å². The van der Waals surface area contributed by atoms with E-state index in [1.165, 1.54) is 38.5 Å². The molecule has 0 atom stereocenters. The molecule has 0 aliphatic heterocycles. The third kappa shape index (κ3) is 5.17. The molecule has 1 aliphatic rings. The Morgan fingerprint density at radius 2 is 1.50 bits per heavy atom. The number of allylic oxidation sites excluding steroid dienone is 4. The maximum absolute atomic E-state index is 2.31. The fourth-order valence-corrected chi connectivity index (χ4v) is 1.44. The minimum Gasteiger partial charge on any atom is -0.0882 e. The first-order chi connectivity index (χ1) is 6.00. The smallest absolute Gasteiger partial charge is 0.0169 e. The third-order valence-electron chi connectivity index (χ3n) is 2.20. The van der Waals surface area contributed by atoms with Gasteiger partial charge >= 0.3 is 0 Å². The first kappa shape index (κ1) is 9.57. The van der Waals surface area contributed by atoms with E-state index >= 15 is 0 Å². The summed E-state index contributed by atoms with van der Waals surface area (Å²) in [5, 5.41) is 0. The Bertz CT molecular complexity index is 126. The van der Waals surface area contributed by atoms with Crippen molar-refractivity contribution in [1.29, 1.82) is 0 Å². The van der Waals surface area contributed by atoms with Crippen LogP contribution in [0.15, 0.2) is 24.3 Å². The summed E-state index contributed by atoms with van der Waals surface area (Å²) < 4.78 is 0. The number of hydrogen-bond acceptors (Lipinski definition) is 0. The molecule has 0 heterocycles. The highest BCUT2D eigenvalue weighted by Gasteiger charge is 1.89.